The SMILES string of the molecule is COCCNc1nc(Nc2cccc(Cl)c2Cl)nc2ccccc12. The zero-order valence-electron chi connectivity index (χ0n) is 13.0. The van der Waals surface area contributed by atoms with Crippen molar-refractivity contribution in [3.63, 3.8) is 0 Å². The van der Waals surface area contributed by atoms with Crippen LogP contribution in [0.2, 0.25) is 10.0 Å². The predicted molar refractivity (Wildman–Crippen MR) is 99.6 cm³/mol. The number of halogens is 2. The number of rotatable bonds is 6. The van der Waals surface area contributed by atoms with Crippen molar-refractivity contribution in [1.29, 1.82) is 0 Å². The van der Waals surface area contributed by atoms with E-state index in [0.717, 1.165) is 16.7 Å². The average Bonchev–Trinajstić information content (AvgIpc) is 2.59. The molecule has 0 spiro atoms. The quantitative estimate of drug-likeness (QED) is 0.620. The van der Waals surface area contributed by atoms with Crippen molar-refractivity contribution < 1.29 is 4.74 Å². The molecule has 0 fully saturated rings. The number of nitrogens with one attached hydrogen (secondary N) is 2. The first-order valence-electron chi connectivity index (χ1n) is 7.39. The van der Waals surface area contributed by atoms with Gasteiger partial charge in [0.2, 0.25) is 5.95 Å². The second kappa shape index (κ2) is 7.66. The van der Waals surface area contributed by atoms with Crippen LogP contribution in [0.1, 0.15) is 0 Å². The molecule has 2 aromatic carbocycles. The van der Waals surface area contributed by atoms with Gasteiger partial charge in [0.1, 0.15) is 5.82 Å². The summed E-state index contributed by atoms with van der Waals surface area (Å²) in [7, 11) is 1.66. The Bertz CT molecular complexity index is 857. The van der Waals surface area contributed by atoms with Gasteiger partial charge < -0.3 is 15.4 Å². The van der Waals surface area contributed by atoms with Gasteiger partial charge in [0.25, 0.3) is 0 Å². The Balaban J connectivity index is 1.97. The first kappa shape index (κ1) is 16.8. The van der Waals surface area contributed by atoms with Crippen molar-refractivity contribution in [2.24, 2.45) is 0 Å². The highest BCUT2D eigenvalue weighted by atomic mass is 35.5. The molecule has 3 aromatic rings. The van der Waals surface area contributed by atoms with Gasteiger partial charge >= 0.3 is 0 Å². The normalized spacial score (nSPS) is 10.8. The summed E-state index contributed by atoms with van der Waals surface area (Å²) < 4.78 is 5.08. The Labute approximate surface area is 150 Å². The number of hydrogen-bond donors (Lipinski definition) is 2. The zero-order chi connectivity index (χ0) is 16.9. The summed E-state index contributed by atoms with van der Waals surface area (Å²) in [6, 6.07) is 13.2. The molecule has 0 unspecified atom stereocenters. The molecule has 0 amide bonds. The van der Waals surface area contributed by atoms with Crippen molar-refractivity contribution >= 4 is 51.6 Å². The molecule has 24 heavy (non-hydrogen) atoms. The fourth-order valence-electron chi connectivity index (χ4n) is 2.26. The number of fused-ring (bicyclic) bond motifs is 1. The third-order valence-electron chi connectivity index (χ3n) is 3.40. The van der Waals surface area contributed by atoms with E-state index in [9.17, 15) is 0 Å². The Morgan fingerprint density at radius 1 is 1.04 bits per heavy atom. The molecule has 7 heteroatoms. The maximum atomic E-state index is 6.22. The van der Waals surface area contributed by atoms with E-state index >= 15 is 0 Å². The second-order valence-electron chi connectivity index (χ2n) is 5.06. The lowest BCUT2D eigenvalue weighted by Gasteiger charge is -2.12. The van der Waals surface area contributed by atoms with E-state index in [-0.39, 0.29) is 0 Å². The lowest BCUT2D eigenvalue weighted by atomic mass is 10.2. The zero-order valence-corrected chi connectivity index (χ0v) is 14.5. The van der Waals surface area contributed by atoms with Gasteiger partial charge in [-0.05, 0) is 24.3 Å². The van der Waals surface area contributed by atoms with Crippen LogP contribution in [0.15, 0.2) is 42.5 Å². The molecular weight excluding hydrogens is 347 g/mol. The maximum Gasteiger partial charge on any atom is 0.229 e. The Hall–Kier alpha value is -2.08. The van der Waals surface area contributed by atoms with Gasteiger partial charge in [-0.2, -0.15) is 4.98 Å². The monoisotopic (exact) mass is 362 g/mol. The van der Waals surface area contributed by atoms with Gasteiger partial charge in [0.05, 0.1) is 27.9 Å². The largest absolute Gasteiger partial charge is 0.383 e. The van der Waals surface area contributed by atoms with E-state index in [4.69, 9.17) is 27.9 Å². The van der Waals surface area contributed by atoms with Gasteiger partial charge in [-0.25, -0.2) is 4.98 Å². The molecule has 0 bridgehead atoms. The Morgan fingerprint density at radius 3 is 2.71 bits per heavy atom. The van der Waals surface area contributed by atoms with E-state index in [2.05, 4.69) is 20.6 Å². The number of anilines is 3. The van der Waals surface area contributed by atoms with Crippen LogP contribution in [0.3, 0.4) is 0 Å². The minimum Gasteiger partial charge on any atom is -0.383 e. The standard InChI is InChI=1S/C17H16Cl2N4O/c1-24-10-9-20-16-11-5-2-3-7-13(11)21-17(23-16)22-14-8-4-6-12(18)15(14)19/h2-8H,9-10H2,1H3,(H2,20,21,22,23). The molecule has 0 saturated carbocycles. The first-order chi connectivity index (χ1) is 11.7. The van der Waals surface area contributed by atoms with Crippen LogP contribution in [0.5, 0.6) is 0 Å². The van der Waals surface area contributed by atoms with Crippen LogP contribution in [0.4, 0.5) is 17.5 Å². The molecule has 0 saturated heterocycles. The van der Waals surface area contributed by atoms with Gasteiger partial charge in [-0.15, -0.1) is 0 Å². The fourth-order valence-corrected chi connectivity index (χ4v) is 2.61. The van der Waals surface area contributed by atoms with Crippen LogP contribution < -0.4 is 10.6 Å². The highest BCUT2D eigenvalue weighted by Gasteiger charge is 2.10. The van der Waals surface area contributed by atoms with Crippen molar-refractivity contribution in [2.75, 3.05) is 30.9 Å². The maximum absolute atomic E-state index is 6.22. The lowest BCUT2D eigenvalue weighted by molar-refractivity contribution is 0.210. The summed E-state index contributed by atoms with van der Waals surface area (Å²) in [6.45, 7) is 1.23. The molecule has 0 aliphatic heterocycles. The Morgan fingerprint density at radius 2 is 1.88 bits per heavy atom. The smallest absolute Gasteiger partial charge is 0.229 e. The number of ether oxygens (including phenoxy) is 1. The summed E-state index contributed by atoms with van der Waals surface area (Å²) in [6.07, 6.45) is 0. The van der Waals surface area contributed by atoms with Crippen LogP contribution in [0, 0.1) is 0 Å². The molecule has 0 radical (unpaired) electrons. The predicted octanol–water partition coefficient (Wildman–Crippen LogP) is 4.74. The topological polar surface area (TPSA) is 59.1 Å². The molecule has 0 atom stereocenters. The van der Waals surface area contributed by atoms with Crippen molar-refractivity contribution in [1.82, 2.24) is 9.97 Å². The molecule has 1 heterocycles. The first-order valence-corrected chi connectivity index (χ1v) is 8.15. The Kier molecular flexibility index (Phi) is 5.35. The van der Waals surface area contributed by atoms with Crippen molar-refractivity contribution in [3.8, 4) is 0 Å². The molecular formula is C17H16Cl2N4O. The minimum atomic E-state index is 0.435. The highest BCUT2D eigenvalue weighted by Crippen LogP contribution is 2.32. The van der Waals surface area contributed by atoms with Crippen molar-refractivity contribution in [3.05, 3.63) is 52.5 Å². The molecule has 0 aliphatic rings. The van der Waals surface area contributed by atoms with Gasteiger partial charge in [0, 0.05) is 19.0 Å². The van der Waals surface area contributed by atoms with Crippen LogP contribution in [-0.4, -0.2) is 30.2 Å². The molecule has 124 valence electrons. The van der Waals surface area contributed by atoms with E-state index in [0.29, 0.717) is 34.8 Å². The second-order valence-corrected chi connectivity index (χ2v) is 5.84. The summed E-state index contributed by atoms with van der Waals surface area (Å²) in [5.74, 6) is 1.18. The van der Waals surface area contributed by atoms with Gasteiger partial charge in [0.15, 0.2) is 0 Å². The van der Waals surface area contributed by atoms with E-state index in [1.54, 1.807) is 13.2 Å². The fraction of sp³-hybridized carbons (Fsp3) is 0.176. The third kappa shape index (κ3) is 3.70. The summed E-state index contributed by atoms with van der Waals surface area (Å²) >= 11 is 12.3. The summed E-state index contributed by atoms with van der Waals surface area (Å²) in [5.41, 5.74) is 1.48. The third-order valence-corrected chi connectivity index (χ3v) is 4.22. The molecule has 1 aromatic heterocycles. The minimum absolute atomic E-state index is 0.435. The van der Waals surface area contributed by atoms with Gasteiger partial charge in [-0.1, -0.05) is 41.4 Å². The highest BCUT2D eigenvalue weighted by molar-refractivity contribution is 6.43. The number of hydrogen-bond acceptors (Lipinski definition) is 5. The number of nitrogens with zero attached hydrogens (tertiary/aromatic N) is 2. The molecule has 2 N–H and O–H groups in total. The molecule has 0 aliphatic carbocycles. The number of aromatic nitrogens is 2. The lowest BCUT2D eigenvalue weighted by Crippen LogP contribution is -2.10. The van der Waals surface area contributed by atoms with E-state index in [1.807, 2.05) is 36.4 Å². The van der Waals surface area contributed by atoms with Crippen LogP contribution in [0.25, 0.3) is 10.9 Å². The summed E-state index contributed by atoms with van der Waals surface area (Å²) in [4.78, 5) is 9.08. The van der Waals surface area contributed by atoms with Gasteiger partial charge in [-0.3, -0.25) is 0 Å². The van der Waals surface area contributed by atoms with Crippen LogP contribution >= 0.6 is 23.2 Å². The molecule has 3 rings (SSSR count). The molecule has 5 nitrogen and oxygen atoms in total. The number of methoxy groups -OCH3 is 1. The van der Waals surface area contributed by atoms with E-state index in [1.165, 1.54) is 0 Å². The van der Waals surface area contributed by atoms with E-state index < -0.39 is 0 Å². The number of benzene rings is 2. The van der Waals surface area contributed by atoms with Crippen molar-refractivity contribution in [2.45, 2.75) is 0 Å². The average molecular weight is 363 g/mol. The summed E-state index contributed by atoms with van der Waals surface area (Å²) in [5, 5.41) is 8.24. The number of para-hydroxylation sites is 1. The van der Waals surface area contributed by atoms with Crippen LogP contribution in [-0.2, 0) is 4.74 Å².